The van der Waals surface area contributed by atoms with Crippen LogP contribution in [0, 0.1) is 0 Å². The van der Waals surface area contributed by atoms with E-state index in [9.17, 15) is 0 Å². The second-order valence-corrected chi connectivity index (χ2v) is 6.60. The number of hydrogen-bond acceptors (Lipinski definition) is 3. The predicted octanol–water partition coefficient (Wildman–Crippen LogP) is 2.57. The van der Waals surface area contributed by atoms with Crippen molar-refractivity contribution in [1.29, 1.82) is 0 Å². The van der Waals surface area contributed by atoms with Crippen LogP contribution in [-0.4, -0.2) is 50.7 Å². The molecule has 4 heteroatoms. The predicted molar refractivity (Wildman–Crippen MR) is 85.9 cm³/mol. The summed E-state index contributed by atoms with van der Waals surface area (Å²) in [6.45, 7) is 5.53. The molecule has 0 radical (unpaired) electrons. The molecule has 1 saturated heterocycles. The Bertz CT molecular complexity index is 391. The van der Waals surface area contributed by atoms with Crippen LogP contribution in [-0.2, 0) is 0 Å². The average molecular weight is 326 g/mol. The van der Waals surface area contributed by atoms with E-state index in [2.05, 4.69) is 76.3 Å². The lowest BCUT2D eigenvalue weighted by atomic mass is 10.2. The minimum absolute atomic E-state index is 0.529. The highest BCUT2D eigenvalue weighted by molar-refractivity contribution is 9.10. The number of likely N-dealkylation sites (N-methyl/N-ethyl adjacent to an activating group) is 1. The van der Waals surface area contributed by atoms with Crippen LogP contribution in [0.3, 0.4) is 0 Å². The van der Waals surface area contributed by atoms with Gasteiger partial charge >= 0.3 is 0 Å². The second-order valence-electron chi connectivity index (χ2n) is 5.68. The molecule has 106 valence electrons. The Kier molecular flexibility index (Phi) is 5.25. The summed E-state index contributed by atoms with van der Waals surface area (Å²) < 4.78 is 1.14. The molecular formula is C15H24BrN3. The summed E-state index contributed by atoms with van der Waals surface area (Å²) in [6.07, 6.45) is 1.19. The Morgan fingerprint density at radius 2 is 2.00 bits per heavy atom. The maximum Gasteiger partial charge on any atom is 0.0541 e. The van der Waals surface area contributed by atoms with Crippen molar-refractivity contribution in [3.63, 3.8) is 0 Å². The molecule has 1 aliphatic heterocycles. The Hall–Kier alpha value is -0.580. The summed E-state index contributed by atoms with van der Waals surface area (Å²) >= 11 is 3.51. The van der Waals surface area contributed by atoms with E-state index in [4.69, 9.17) is 0 Å². The lowest BCUT2D eigenvalue weighted by Gasteiger charge is -2.33. The molecule has 0 aromatic heterocycles. The fraction of sp³-hybridized carbons (Fsp3) is 0.600. The van der Waals surface area contributed by atoms with Gasteiger partial charge in [0, 0.05) is 35.8 Å². The maximum atomic E-state index is 3.63. The SMILES string of the molecule is CC1CCN(c2ccc(Br)cc2)C(CN(C)C)CN1. The highest BCUT2D eigenvalue weighted by atomic mass is 79.9. The standard InChI is InChI=1S/C15H24BrN3/c1-12-8-9-19(14-6-4-13(16)5-7-14)15(10-17-12)11-18(2)3/h4-7,12,15,17H,8-11H2,1-3H3. The van der Waals surface area contributed by atoms with Crippen molar-refractivity contribution in [2.24, 2.45) is 0 Å². The first kappa shape index (κ1) is 14.8. The zero-order valence-corrected chi connectivity index (χ0v) is 13.7. The van der Waals surface area contributed by atoms with Crippen LogP contribution in [0.5, 0.6) is 0 Å². The maximum absolute atomic E-state index is 3.63. The summed E-state index contributed by atoms with van der Waals surface area (Å²) in [7, 11) is 4.29. The van der Waals surface area contributed by atoms with Crippen LogP contribution in [0.15, 0.2) is 28.7 Å². The molecule has 3 nitrogen and oxygen atoms in total. The highest BCUT2D eigenvalue weighted by Gasteiger charge is 2.23. The number of benzene rings is 1. The largest absolute Gasteiger partial charge is 0.366 e. The molecule has 0 spiro atoms. The third-order valence-corrected chi connectivity index (χ3v) is 4.21. The van der Waals surface area contributed by atoms with Gasteiger partial charge in [-0.05, 0) is 51.7 Å². The molecule has 1 N–H and O–H groups in total. The van der Waals surface area contributed by atoms with Gasteiger partial charge in [0.05, 0.1) is 6.04 Å². The van der Waals surface area contributed by atoms with Crippen molar-refractivity contribution >= 4 is 21.6 Å². The Labute approximate surface area is 125 Å². The first-order valence-corrected chi connectivity index (χ1v) is 7.76. The number of halogens is 1. The lowest BCUT2D eigenvalue weighted by Crippen LogP contribution is -2.46. The Morgan fingerprint density at radius 3 is 2.63 bits per heavy atom. The van der Waals surface area contributed by atoms with Crippen LogP contribution < -0.4 is 10.2 Å². The number of hydrogen-bond donors (Lipinski definition) is 1. The van der Waals surface area contributed by atoms with Crippen molar-refractivity contribution in [3.8, 4) is 0 Å². The summed E-state index contributed by atoms with van der Waals surface area (Å²) in [5.74, 6) is 0. The van der Waals surface area contributed by atoms with Gasteiger partial charge in [-0.3, -0.25) is 0 Å². The molecule has 2 unspecified atom stereocenters. The minimum atomic E-state index is 0.529. The third-order valence-electron chi connectivity index (χ3n) is 3.68. The molecule has 2 rings (SSSR count). The van der Waals surface area contributed by atoms with Crippen LogP contribution in [0.2, 0.25) is 0 Å². The van der Waals surface area contributed by atoms with Crippen LogP contribution in [0.1, 0.15) is 13.3 Å². The number of anilines is 1. The van der Waals surface area contributed by atoms with Gasteiger partial charge in [0.25, 0.3) is 0 Å². The van der Waals surface area contributed by atoms with E-state index in [-0.39, 0.29) is 0 Å². The van der Waals surface area contributed by atoms with E-state index in [1.165, 1.54) is 12.1 Å². The van der Waals surface area contributed by atoms with E-state index in [0.717, 1.165) is 24.1 Å². The van der Waals surface area contributed by atoms with Crippen LogP contribution in [0.4, 0.5) is 5.69 Å². The van der Waals surface area contributed by atoms with E-state index in [1.807, 2.05) is 0 Å². The van der Waals surface area contributed by atoms with E-state index >= 15 is 0 Å². The minimum Gasteiger partial charge on any atom is -0.366 e. The third kappa shape index (κ3) is 4.20. The van der Waals surface area contributed by atoms with Gasteiger partial charge in [-0.15, -0.1) is 0 Å². The Balaban J connectivity index is 2.18. The van der Waals surface area contributed by atoms with Crippen LogP contribution in [0.25, 0.3) is 0 Å². The molecule has 1 aliphatic rings. The van der Waals surface area contributed by atoms with E-state index < -0.39 is 0 Å². The zero-order valence-electron chi connectivity index (χ0n) is 12.1. The first-order chi connectivity index (χ1) is 9.06. The summed E-state index contributed by atoms with van der Waals surface area (Å²) in [6, 6.07) is 9.81. The van der Waals surface area contributed by atoms with Crippen molar-refractivity contribution in [2.75, 3.05) is 38.6 Å². The van der Waals surface area contributed by atoms with Crippen molar-refractivity contribution in [1.82, 2.24) is 10.2 Å². The highest BCUT2D eigenvalue weighted by Crippen LogP contribution is 2.22. The van der Waals surface area contributed by atoms with Crippen molar-refractivity contribution in [2.45, 2.75) is 25.4 Å². The molecule has 19 heavy (non-hydrogen) atoms. The molecule has 1 aromatic rings. The summed E-state index contributed by atoms with van der Waals surface area (Å²) in [5.41, 5.74) is 1.32. The Morgan fingerprint density at radius 1 is 1.32 bits per heavy atom. The van der Waals surface area contributed by atoms with Gasteiger partial charge < -0.3 is 15.1 Å². The molecule has 1 aromatic carbocycles. The van der Waals surface area contributed by atoms with Crippen molar-refractivity contribution in [3.05, 3.63) is 28.7 Å². The zero-order chi connectivity index (χ0) is 13.8. The van der Waals surface area contributed by atoms with Crippen molar-refractivity contribution < 1.29 is 0 Å². The quantitative estimate of drug-likeness (QED) is 0.921. The molecular weight excluding hydrogens is 302 g/mol. The van der Waals surface area contributed by atoms with Gasteiger partial charge in [-0.2, -0.15) is 0 Å². The van der Waals surface area contributed by atoms with E-state index in [0.29, 0.717) is 12.1 Å². The summed E-state index contributed by atoms with van der Waals surface area (Å²) in [4.78, 5) is 4.82. The molecule has 1 heterocycles. The van der Waals surface area contributed by atoms with Crippen LogP contribution >= 0.6 is 15.9 Å². The fourth-order valence-corrected chi connectivity index (χ4v) is 2.89. The molecule has 0 aliphatic carbocycles. The van der Waals surface area contributed by atoms with Gasteiger partial charge in [0.1, 0.15) is 0 Å². The van der Waals surface area contributed by atoms with Gasteiger partial charge in [-0.25, -0.2) is 0 Å². The topological polar surface area (TPSA) is 18.5 Å². The molecule has 0 saturated carbocycles. The van der Waals surface area contributed by atoms with Gasteiger partial charge in [0.2, 0.25) is 0 Å². The summed E-state index contributed by atoms with van der Waals surface area (Å²) in [5, 5.41) is 3.63. The number of nitrogens with one attached hydrogen (secondary N) is 1. The normalized spacial score (nSPS) is 24.6. The van der Waals surface area contributed by atoms with Gasteiger partial charge in [0.15, 0.2) is 0 Å². The molecule has 0 bridgehead atoms. The second kappa shape index (κ2) is 6.73. The fourth-order valence-electron chi connectivity index (χ4n) is 2.62. The number of rotatable bonds is 3. The van der Waals surface area contributed by atoms with E-state index in [1.54, 1.807) is 0 Å². The number of nitrogens with zero attached hydrogens (tertiary/aromatic N) is 2. The lowest BCUT2D eigenvalue weighted by molar-refractivity contribution is 0.359. The first-order valence-electron chi connectivity index (χ1n) is 6.96. The molecule has 2 atom stereocenters. The average Bonchev–Trinajstić information content (AvgIpc) is 2.53. The van der Waals surface area contributed by atoms with Gasteiger partial charge in [-0.1, -0.05) is 15.9 Å². The molecule has 1 fully saturated rings. The molecule has 0 amide bonds. The monoisotopic (exact) mass is 325 g/mol. The smallest absolute Gasteiger partial charge is 0.0541 e.